The molecule has 152 valence electrons. The van der Waals surface area contributed by atoms with Gasteiger partial charge in [0, 0.05) is 10.9 Å². The van der Waals surface area contributed by atoms with E-state index in [0.29, 0.717) is 0 Å². The summed E-state index contributed by atoms with van der Waals surface area (Å²) >= 11 is 0. The number of amides is 1. The van der Waals surface area contributed by atoms with Gasteiger partial charge in [0.05, 0.1) is 18.6 Å². The Labute approximate surface area is 158 Å². The van der Waals surface area contributed by atoms with Crippen LogP contribution < -0.4 is 9.92 Å². The summed E-state index contributed by atoms with van der Waals surface area (Å²) in [4.78, 5) is 23.9. The molecule has 0 aliphatic rings. The highest BCUT2D eigenvalue weighted by Crippen LogP contribution is 2.39. The van der Waals surface area contributed by atoms with E-state index in [9.17, 15) is 31.2 Å². The van der Waals surface area contributed by atoms with Crippen LogP contribution in [0.3, 0.4) is 0 Å². The monoisotopic (exact) mass is 419 g/mol. The Balaban J connectivity index is 2.87. The van der Waals surface area contributed by atoms with Crippen LogP contribution in [0.2, 0.25) is 0 Å². The van der Waals surface area contributed by atoms with Crippen LogP contribution in [-0.4, -0.2) is 32.4 Å². The molecule has 2 aromatic carbocycles. The molecule has 0 aromatic heterocycles. The predicted molar refractivity (Wildman–Crippen MR) is 93.1 cm³/mol. The normalized spacial score (nSPS) is 12.0. The summed E-state index contributed by atoms with van der Waals surface area (Å²) in [5.74, 6) is -2.45. The molecule has 0 atom stereocenters. The summed E-state index contributed by atoms with van der Waals surface area (Å²) < 4.78 is 71.0. The number of alkyl halides is 3. The maximum atomic E-state index is 12.9. The van der Waals surface area contributed by atoms with Crippen LogP contribution in [0.15, 0.2) is 24.3 Å². The minimum absolute atomic E-state index is 0.00875. The zero-order valence-electron chi connectivity index (χ0n) is 14.8. The van der Waals surface area contributed by atoms with E-state index in [1.165, 1.54) is 38.1 Å². The van der Waals surface area contributed by atoms with Crippen molar-refractivity contribution in [3.05, 3.63) is 41.0 Å². The summed E-state index contributed by atoms with van der Waals surface area (Å²) in [7, 11) is -6.03. The molecule has 2 N–H and O–H groups in total. The average molecular weight is 419 g/mol. The van der Waals surface area contributed by atoms with Gasteiger partial charge in [-0.2, -0.15) is 21.6 Å². The van der Waals surface area contributed by atoms with Crippen LogP contribution >= 0.6 is 0 Å². The lowest BCUT2D eigenvalue weighted by Crippen LogP contribution is -2.29. The molecule has 0 heterocycles. The van der Waals surface area contributed by atoms with Crippen LogP contribution in [0.5, 0.6) is 5.75 Å². The van der Waals surface area contributed by atoms with Crippen LogP contribution in [0, 0.1) is 6.92 Å². The van der Waals surface area contributed by atoms with Gasteiger partial charge in [0.15, 0.2) is 5.75 Å². The van der Waals surface area contributed by atoms with Crippen molar-refractivity contribution in [2.45, 2.75) is 25.8 Å². The Morgan fingerprint density at radius 1 is 1.14 bits per heavy atom. The molecule has 0 saturated carbocycles. The maximum Gasteiger partial charge on any atom is 0.534 e. The number of nitrogens with two attached hydrogens (primary N) is 1. The molecule has 1 amide bonds. The van der Waals surface area contributed by atoms with Crippen LogP contribution in [-0.2, 0) is 26.1 Å². The molecule has 28 heavy (non-hydrogen) atoms. The summed E-state index contributed by atoms with van der Waals surface area (Å²) in [6, 6.07) is 5.53. The van der Waals surface area contributed by atoms with Gasteiger partial charge in [0.25, 0.3) is 0 Å². The smallest absolute Gasteiger partial charge is 0.466 e. The quantitative estimate of drug-likeness (QED) is 0.438. The molecule has 0 saturated heterocycles. The fourth-order valence-electron chi connectivity index (χ4n) is 2.72. The minimum atomic E-state index is -6.03. The first kappa shape index (κ1) is 21.5. The second-order valence-electron chi connectivity index (χ2n) is 5.68. The Morgan fingerprint density at radius 2 is 1.71 bits per heavy atom. The predicted octanol–water partition coefficient (Wildman–Crippen LogP) is 2.58. The molecule has 0 unspecified atom stereocenters. The van der Waals surface area contributed by atoms with Gasteiger partial charge in [0.2, 0.25) is 5.91 Å². The number of carbonyl (C=O) groups excluding carboxylic acids is 2. The third-order valence-corrected chi connectivity index (χ3v) is 4.85. The first-order valence-corrected chi connectivity index (χ1v) is 9.31. The van der Waals surface area contributed by atoms with Gasteiger partial charge in [-0.25, -0.2) is 0 Å². The van der Waals surface area contributed by atoms with E-state index < -0.39 is 39.7 Å². The summed E-state index contributed by atoms with van der Waals surface area (Å²) in [6.07, 6.45) is -0.618. The molecule has 0 aliphatic heterocycles. The number of fused-ring (bicyclic) bond motifs is 1. The van der Waals surface area contributed by atoms with Gasteiger partial charge >= 0.3 is 21.6 Å². The molecule has 0 radical (unpaired) electrons. The molecule has 0 spiro atoms. The maximum absolute atomic E-state index is 12.9. The second kappa shape index (κ2) is 7.66. The number of primary amides is 1. The van der Waals surface area contributed by atoms with E-state index in [1.54, 1.807) is 0 Å². The SMILES string of the molecule is CCOC(=O)Cc1c(C)c(C(N)=O)c2ccccc2c1OS(=O)(=O)C(F)(F)F. The molecular formula is C17H16F3NO6S. The van der Waals surface area contributed by atoms with Crippen molar-refractivity contribution in [1.82, 2.24) is 0 Å². The average Bonchev–Trinajstić information content (AvgIpc) is 2.56. The van der Waals surface area contributed by atoms with E-state index in [-0.39, 0.29) is 34.1 Å². The molecule has 0 fully saturated rings. The number of hydrogen-bond donors (Lipinski definition) is 1. The van der Waals surface area contributed by atoms with Gasteiger partial charge in [-0.05, 0) is 24.8 Å². The zero-order valence-corrected chi connectivity index (χ0v) is 15.6. The fourth-order valence-corrected chi connectivity index (χ4v) is 3.23. The highest BCUT2D eigenvalue weighted by atomic mass is 32.2. The largest absolute Gasteiger partial charge is 0.534 e. The van der Waals surface area contributed by atoms with Gasteiger partial charge in [-0.1, -0.05) is 24.3 Å². The van der Waals surface area contributed by atoms with Gasteiger partial charge in [-0.3, -0.25) is 9.59 Å². The van der Waals surface area contributed by atoms with E-state index in [4.69, 9.17) is 10.5 Å². The van der Waals surface area contributed by atoms with Crippen molar-refractivity contribution in [2.24, 2.45) is 5.73 Å². The zero-order chi connectivity index (χ0) is 21.3. The Bertz CT molecular complexity index is 1050. The van der Waals surface area contributed by atoms with Gasteiger partial charge in [-0.15, -0.1) is 0 Å². The Kier molecular flexibility index (Phi) is 5.88. The molecule has 7 nitrogen and oxygen atoms in total. The van der Waals surface area contributed by atoms with Crippen molar-refractivity contribution < 1.29 is 40.1 Å². The number of benzene rings is 2. The lowest BCUT2D eigenvalue weighted by molar-refractivity contribution is -0.142. The molecular weight excluding hydrogens is 403 g/mol. The minimum Gasteiger partial charge on any atom is -0.466 e. The van der Waals surface area contributed by atoms with Crippen molar-refractivity contribution in [2.75, 3.05) is 6.61 Å². The van der Waals surface area contributed by atoms with Crippen LogP contribution in [0.4, 0.5) is 13.2 Å². The van der Waals surface area contributed by atoms with Crippen molar-refractivity contribution in [1.29, 1.82) is 0 Å². The fraction of sp³-hybridized carbons (Fsp3) is 0.294. The van der Waals surface area contributed by atoms with Gasteiger partial charge < -0.3 is 14.7 Å². The number of esters is 1. The number of rotatable bonds is 6. The number of halogens is 3. The Morgan fingerprint density at radius 3 is 2.21 bits per heavy atom. The molecule has 0 aliphatic carbocycles. The third-order valence-electron chi connectivity index (χ3n) is 3.89. The number of carbonyl (C=O) groups is 2. The highest BCUT2D eigenvalue weighted by Gasteiger charge is 2.49. The number of ether oxygens (including phenoxy) is 1. The summed E-state index contributed by atoms with van der Waals surface area (Å²) in [6.45, 7) is 2.84. The topological polar surface area (TPSA) is 113 Å². The summed E-state index contributed by atoms with van der Waals surface area (Å²) in [5.41, 5.74) is -0.578. The van der Waals surface area contributed by atoms with Crippen LogP contribution in [0.1, 0.15) is 28.4 Å². The third kappa shape index (κ3) is 4.03. The van der Waals surface area contributed by atoms with Crippen LogP contribution in [0.25, 0.3) is 10.8 Å². The second-order valence-corrected chi connectivity index (χ2v) is 7.22. The van der Waals surface area contributed by atoms with E-state index >= 15 is 0 Å². The lowest BCUT2D eigenvalue weighted by Gasteiger charge is -2.19. The molecule has 0 bridgehead atoms. The number of hydrogen-bond acceptors (Lipinski definition) is 6. The first-order chi connectivity index (χ1) is 12.9. The molecule has 2 rings (SSSR count). The van der Waals surface area contributed by atoms with E-state index in [1.807, 2.05) is 0 Å². The van der Waals surface area contributed by atoms with Crippen molar-refractivity contribution in [3.63, 3.8) is 0 Å². The molecule has 11 heteroatoms. The standard InChI is InChI=1S/C17H16F3NO6S/c1-3-26-13(22)8-12-9(2)14(16(21)23)10-6-4-5-7-11(10)15(12)27-28(24,25)17(18,19)20/h4-7H,3,8H2,1-2H3,(H2,21,23). The highest BCUT2D eigenvalue weighted by molar-refractivity contribution is 7.88. The summed E-state index contributed by atoms with van der Waals surface area (Å²) in [5, 5.41) is -0.0264. The van der Waals surface area contributed by atoms with Gasteiger partial charge in [0.1, 0.15) is 0 Å². The molecule has 2 aromatic rings. The van der Waals surface area contributed by atoms with Crippen molar-refractivity contribution in [3.8, 4) is 5.75 Å². The Hall–Kier alpha value is -2.82. The first-order valence-electron chi connectivity index (χ1n) is 7.91. The van der Waals surface area contributed by atoms with Crippen molar-refractivity contribution >= 4 is 32.8 Å². The lowest BCUT2D eigenvalue weighted by atomic mass is 9.92. The van der Waals surface area contributed by atoms with E-state index in [0.717, 1.165) is 0 Å². The van der Waals surface area contributed by atoms with E-state index in [2.05, 4.69) is 4.18 Å².